The fourth-order valence-corrected chi connectivity index (χ4v) is 3.41. The van der Waals surface area contributed by atoms with Crippen molar-refractivity contribution in [3.05, 3.63) is 60.2 Å². The van der Waals surface area contributed by atoms with Crippen LogP contribution in [0.2, 0.25) is 0 Å². The number of para-hydroxylation sites is 2. The number of ether oxygens (including phenoxy) is 1. The number of fused-ring (bicyclic) bond motifs is 1. The van der Waals surface area contributed by atoms with Gasteiger partial charge in [-0.05, 0) is 24.3 Å². The molecular formula is C19H18N2O3. The van der Waals surface area contributed by atoms with Gasteiger partial charge < -0.3 is 15.0 Å². The van der Waals surface area contributed by atoms with Crippen molar-refractivity contribution in [2.75, 3.05) is 18.4 Å². The topological polar surface area (TPSA) is 58.6 Å². The third-order valence-corrected chi connectivity index (χ3v) is 4.63. The lowest BCUT2D eigenvalue weighted by atomic mass is 9.89. The van der Waals surface area contributed by atoms with Gasteiger partial charge in [0, 0.05) is 18.7 Å². The van der Waals surface area contributed by atoms with Crippen LogP contribution in [0.5, 0.6) is 5.75 Å². The molecule has 5 nitrogen and oxygen atoms in total. The van der Waals surface area contributed by atoms with Crippen molar-refractivity contribution in [1.82, 2.24) is 4.90 Å². The van der Waals surface area contributed by atoms with Crippen molar-refractivity contribution in [3.63, 3.8) is 0 Å². The minimum Gasteiger partial charge on any atom is -0.484 e. The summed E-state index contributed by atoms with van der Waals surface area (Å²) in [6.45, 7) is 1.000. The highest BCUT2D eigenvalue weighted by atomic mass is 16.5. The monoisotopic (exact) mass is 322 g/mol. The first-order chi connectivity index (χ1) is 11.7. The standard InChI is InChI=1S/C19H18N2O3/c22-16-12-19(24-17-9-5-4-8-15(16)17)10-11-21(13-19)18(23)20-14-6-2-1-3-7-14/h1-9H,10-13H2,(H,20,23). The van der Waals surface area contributed by atoms with Crippen LogP contribution in [0.15, 0.2) is 54.6 Å². The largest absolute Gasteiger partial charge is 0.484 e. The number of anilines is 1. The van der Waals surface area contributed by atoms with Crippen molar-refractivity contribution in [3.8, 4) is 5.75 Å². The predicted molar refractivity (Wildman–Crippen MR) is 90.4 cm³/mol. The van der Waals surface area contributed by atoms with Crippen LogP contribution in [0.3, 0.4) is 0 Å². The van der Waals surface area contributed by atoms with Gasteiger partial charge in [0.25, 0.3) is 0 Å². The van der Waals surface area contributed by atoms with E-state index in [1.807, 2.05) is 48.5 Å². The van der Waals surface area contributed by atoms with Crippen molar-refractivity contribution in [2.45, 2.75) is 18.4 Å². The zero-order valence-electron chi connectivity index (χ0n) is 13.2. The number of hydrogen-bond acceptors (Lipinski definition) is 3. The Balaban J connectivity index is 1.49. The molecular weight excluding hydrogens is 304 g/mol. The van der Waals surface area contributed by atoms with Crippen LogP contribution in [-0.2, 0) is 0 Å². The van der Waals surface area contributed by atoms with Gasteiger partial charge in [-0.2, -0.15) is 0 Å². The molecule has 2 aromatic rings. The number of benzene rings is 2. The molecule has 1 saturated heterocycles. The molecule has 0 aliphatic carbocycles. The molecule has 1 N–H and O–H groups in total. The molecule has 2 aromatic carbocycles. The molecule has 0 radical (unpaired) electrons. The average molecular weight is 322 g/mol. The molecule has 2 amide bonds. The van der Waals surface area contributed by atoms with E-state index in [1.54, 1.807) is 11.0 Å². The summed E-state index contributed by atoms with van der Waals surface area (Å²) in [7, 11) is 0. The van der Waals surface area contributed by atoms with E-state index < -0.39 is 5.60 Å². The molecule has 1 unspecified atom stereocenters. The maximum atomic E-state index is 12.4. The maximum Gasteiger partial charge on any atom is 0.321 e. The minimum atomic E-state index is -0.598. The summed E-state index contributed by atoms with van der Waals surface area (Å²) in [5.41, 5.74) is 0.796. The van der Waals surface area contributed by atoms with E-state index in [-0.39, 0.29) is 11.8 Å². The van der Waals surface area contributed by atoms with Gasteiger partial charge in [-0.3, -0.25) is 4.79 Å². The number of rotatable bonds is 1. The van der Waals surface area contributed by atoms with Gasteiger partial charge in [-0.1, -0.05) is 30.3 Å². The smallest absolute Gasteiger partial charge is 0.321 e. The lowest BCUT2D eigenvalue weighted by molar-refractivity contribution is 0.0482. The number of urea groups is 1. The molecule has 24 heavy (non-hydrogen) atoms. The number of nitrogens with one attached hydrogen (secondary N) is 1. The van der Waals surface area contributed by atoms with Crippen LogP contribution >= 0.6 is 0 Å². The summed E-state index contributed by atoms with van der Waals surface area (Å²) in [5.74, 6) is 0.709. The maximum absolute atomic E-state index is 12.4. The lowest BCUT2D eigenvalue weighted by Crippen LogP contribution is -2.45. The summed E-state index contributed by atoms with van der Waals surface area (Å²) in [5, 5.41) is 2.88. The van der Waals surface area contributed by atoms with E-state index >= 15 is 0 Å². The minimum absolute atomic E-state index is 0.0853. The third kappa shape index (κ3) is 2.62. The van der Waals surface area contributed by atoms with Crippen molar-refractivity contribution in [2.24, 2.45) is 0 Å². The van der Waals surface area contributed by atoms with Crippen molar-refractivity contribution >= 4 is 17.5 Å². The number of Topliss-reactive ketones (excluding diaryl/α,β-unsaturated/α-hetero) is 1. The number of hydrogen-bond donors (Lipinski definition) is 1. The van der Waals surface area contributed by atoms with Crippen LogP contribution in [0, 0.1) is 0 Å². The Labute approximate surface area is 140 Å². The SMILES string of the molecule is O=C1CC2(CCN(C(=O)Nc3ccccc3)C2)Oc2ccccc21. The van der Waals surface area contributed by atoms with E-state index in [9.17, 15) is 9.59 Å². The van der Waals surface area contributed by atoms with E-state index in [1.165, 1.54) is 0 Å². The Hall–Kier alpha value is -2.82. The fraction of sp³-hybridized carbons (Fsp3) is 0.263. The molecule has 0 bridgehead atoms. The quantitative estimate of drug-likeness (QED) is 0.876. The van der Waals surface area contributed by atoms with E-state index in [0.29, 0.717) is 37.2 Å². The van der Waals surface area contributed by atoms with Crippen LogP contribution in [0.4, 0.5) is 10.5 Å². The number of ketones is 1. The van der Waals surface area contributed by atoms with Gasteiger partial charge in [0.2, 0.25) is 0 Å². The second kappa shape index (κ2) is 5.67. The molecule has 1 fully saturated rings. The molecule has 0 saturated carbocycles. The summed E-state index contributed by atoms with van der Waals surface area (Å²) in [6, 6.07) is 16.5. The van der Waals surface area contributed by atoms with Gasteiger partial charge in [0.1, 0.15) is 11.4 Å². The average Bonchev–Trinajstić information content (AvgIpc) is 2.99. The first-order valence-electron chi connectivity index (χ1n) is 8.07. The molecule has 2 heterocycles. The number of likely N-dealkylation sites (tertiary alicyclic amines) is 1. The zero-order chi connectivity index (χ0) is 16.6. The summed E-state index contributed by atoms with van der Waals surface area (Å²) in [6.07, 6.45) is 0.981. The predicted octanol–water partition coefficient (Wildman–Crippen LogP) is 3.33. The van der Waals surface area contributed by atoms with Gasteiger partial charge in [-0.25, -0.2) is 4.79 Å². The highest BCUT2D eigenvalue weighted by molar-refractivity contribution is 6.00. The molecule has 5 heteroatoms. The Morgan fingerprint density at radius 2 is 1.83 bits per heavy atom. The summed E-state index contributed by atoms with van der Waals surface area (Å²) in [4.78, 5) is 26.6. The van der Waals surface area contributed by atoms with Crippen molar-refractivity contribution in [1.29, 1.82) is 0 Å². The first-order valence-corrected chi connectivity index (χ1v) is 8.07. The Kier molecular flexibility index (Phi) is 3.49. The highest BCUT2D eigenvalue weighted by Crippen LogP contribution is 2.38. The Morgan fingerprint density at radius 1 is 1.08 bits per heavy atom. The van der Waals surface area contributed by atoms with Gasteiger partial charge in [0.15, 0.2) is 5.78 Å². The van der Waals surface area contributed by atoms with E-state index in [4.69, 9.17) is 4.74 Å². The number of carbonyl (C=O) groups excluding carboxylic acids is 2. The molecule has 4 rings (SSSR count). The summed E-state index contributed by atoms with van der Waals surface area (Å²) >= 11 is 0. The molecule has 0 aromatic heterocycles. The second-order valence-electron chi connectivity index (χ2n) is 6.35. The van der Waals surface area contributed by atoms with Gasteiger partial charge in [0.05, 0.1) is 18.5 Å². The molecule has 122 valence electrons. The molecule has 1 spiro atoms. The van der Waals surface area contributed by atoms with Crippen molar-refractivity contribution < 1.29 is 14.3 Å². The first kappa shape index (κ1) is 14.8. The molecule has 2 aliphatic rings. The summed E-state index contributed by atoms with van der Waals surface area (Å²) < 4.78 is 6.14. The fourth-order valence-electron chi connectivity index (χ4n) is 3.41. The van der Waals surface area contributed by atoms with Gasteiger partial charge >= 0.3 is 6.03 Å². The van der Waals surface area contributed by atoms with Crippen LogP contribution in [0.1, 0.15) is 23.2 Å². The highest BCUT2D eigenvalue weighted by Gasteiger charge is 2.46. The van der Waals surface area contributed by atoms with E-state index in [0.717, 1.165) is 5.69 Å². The molecule has 1 atom stereocenters. The van der Waals surface area contributed by atoms with E-state index in [2.05, 4.69) is 5.32 Å². The number of amides is 2. The van der Waals surface area contributed by atoms with Crippen LogP contribution < -0.4 is 10.1 Å². The third-order valence-electron chi connectivity index (χ3n) is 4.63. The van der Waals surface area contributed by atoms with Crippen LogP contribution in [-0.4, -0.2) is 35.4 Å². The number of nitrogens with zero attached hydrogens (tertiary/aromatic N) is 1. The Morgan fingerprint density at radius 3 is 2.67 bits per heavy atom. The Bertz CT molecular complexity index is 790. The molecule has 2 aliphatic heterocycles. The lowest BCUT2D eigenvalue weighted by Gasteiger charge is -2.34. The van der Waals surface area contributed by atoms with Crippen LogP contribution in [0.25, 0.3) is 0 Å². The zero-order valence-corrected chi connectivity index (χ0v) is 13.2. The van der Waals surface area contributed by atoms with Gasteiger partial charge in [-0.15, -0.1) is 0 Å². The number of carbonyl (C=O) groups is 2. The normalized spacial score (nSPS) is 22.2. The second-order valence-corrected chi connectivity index (χ2v) is 6.35.